The fourth-order valence-electron chi connectivity index (χ4n) is 7.09. The number of anilines is 1. The Morgan fingerprint density at radius 3 is 2.77 bits per heavy atom. The number of rotatable bonds is 3. The Balaban J connectivity index is 1.11. The van der Waals surface area contributed by atoms with E-state index in [1.54, 1.807) is 12.3 Å². The number of carbonyl (C=O) groups is 1. The van der Waals surface area contributed by atoms with E-state index in [4.69, 9.17) is 0 Å². The van der Waals surface area contributed by atoms with Gasteiger partial charge in [-0.2, -0.15) is 5.26 Å². The highest BCUT2D eigenvalue weighted by atomic mass is 19.1. The standard InChI is InChI=1S/C28H30FN5O/c29-25-10-27(34-13-18-2-3-19(14-34)32-18)24(11-30)20-5-4-17(9-22(20)25)33-28(35)16-8-23-21-7-15(21)1-6-26(23)31-12-16/h8,10,12,15,17-19,21,32H,1-7,9,13-14H2,(H,33,35)/t15-,17+,18?,19?,21+/m1/s1. The molecule has 3 fully saturated rings. The maximum absolute atomic E-state index is 15.4. The van der Waals surface area contributed by atoms with Gasteiger partial charge in [0.25, 0.3) is 5.91 Å². The smallest absolute Gasteiger partial charge is 0.253 e. The molecule has 1 amide bonds. The molecule has 2 bridgehead atoms. The molecule has 0 radical (unpaired) electrons. The van der Waals surface area contributed by atoms with Crippen LogP contribution >= 0.6 is 0 Å². The van der Waals surface area contributed by atoms with Crippen molar-refractivity contribution in [1.82, 2.24) is 15.6 Å². The molecule has 1 aromatic carbocycles. The first-order chi connectivity index (χ1) is 17.1. The molecule has 2 unspecified atom stereocenters. The minimum Gasteiger partial charge on any atom is -0.367 e. The number of nitrogens with zero attached hydrogens (tertiary/aromatic N) is 3. The van der Waals surface area contributed by atoms with Gasteiger partial charge < -0.3 is 15.5 Å². The van der Waals surface area contributed by atoms with Gasteiger partial charge >= 0.3 is 0 Å². The topological polar surface area (TPSA) is 81.0 Å². The van der Waals surface area contributed by atoms with Crippen LogP contribution in [-0.4, -0.2) is 42.1 Å². The monoisotopic (exact) mass is 471 g/mol. The van der Waals surface area contributed by atoms with Crippen molar-refractivity contribution in [3.8, 4) is 6.07 Å². The predicted molar refractivity (Wildman–Crippen MR) is 130 cm³/mol. The molecule has 2 saturated heterocycles. The van der Waals surface area contributed by atoms with Gasteiger partial charge in [-0.15, -0.1) is 0 Å². The van der Waals surface area contributed by atoms with E-state index in [0.29, 0.717) is 54.0 Å². The molecule has 35 heavy (non-hydrogen) atoms. The number of hydrogen-bond acceptors (Lipinski definition) is 5. The maximum Gasteiger partial charge on any atom is 0.253 e. The van der Waals surface area contributed by atoms with Crippen LogP contribution in [0.25, 0.3) is 0 Å². The highest BCUT2D eigenvalue weighted by Crippen LogP contribution is 2.54. The lowest BCUT2D eigenvalue weighted by Crippen LogP contribution is -2.51. The first kappa shape index (κ1) is 21.3. The molecule has 2 N–H and O–H groups in total. The lowest BCUT2D eigenvalue weighted by molar-refractivity contribution is 0.0932. The molecule has 7 rings (SSSR count). The molecule has 0 spiro atoms. The summed E-state index contributed by atoms with van der Waals surface area (Å²) < 4.78 is 15.4. The summed E-state index contributed by atoms with van der Waals surface area (Å²) in [5.41, 5.74) is 5.77. The van der Waals surface area contributed by atoms with E-state index in [1.807, 2.05) is 6.07 Å². The van der Waals surface area contributed by atoms with E-state index in [9.17, 15) is 10.1 Å². The molecule has 5 aliphatic rings. The van der Waals surface area contributed by atoms with Gasteiger partial charge in [-0.05, 0) is 92.0 Å². The number of piperazine rings is 1. The van der Waals surface area contributed by atoms with Crippen molar-refractivity contribution in [1.29, 1.82) is 5.26 Å². The first-order valence-corrected chi connectivity index (χ1v) is 13.1. The lowest BCUT2D eigenvalue weighted by atomic mass is 9.84. The third-order valence-corrected chi connectivity index (χ3v) is 9.01. The fraction of sp³-hybridized carbons (Fsp3) is 0.536. The number of pyridine rings is 1. The molecule has 5 atom stereocenters. The molecule has 2 aromatic rings. The summed E-state index contributed by atoms with van der Waals surface area (Å²) in [7, 11) is 0. The van der Waals surface area contributed by atoms with Crippen molar-refractivity contribution in [3.05, 3.63) is 57.7 Å². The van der Waals surface area contributed by atoms with Gasteiger partial charge in [0.15, 0.2) is 0 Å². The molecule has 180 valence electrons. The Bertz CT molecular complexity index is 1260. The number of aromatic nitrogens is 1. The van der Waals surface area contributed by atoms with Crippen LogP contribution in [0, 0.1) is 23.1 Å². The average Bonchev–Trinajstić information content (AvgIpc) is 3.61. The van der Waals surface area contributed by atoms with Crippen LogP contribution in [0.2, 0.25) is 0 Å². The SMILES string of the molecule is N#Cc1c(N2CC3CCC(C2)N3)cc(F)c2c1CC[C@H](NC(=O)c1cnc3c(c1)[C@H]1C[C@H]1CC3)C2. The zero-order valence-corrected chi connectivity index (χ0v) is 19.8. The van der Waals surface area contributed by atoms with Crippen LogP contribution in [0.3, 0.4) is 0 Å². The Kier molecular flexibility index (Phi) is 4.89. The number of benzene rings is 1. The fourth-order valence-corrected chi connectivity index (χ4v) is 7.09. The molecule has 7 heteroatoms. The second kappa shape index (κ2) is 8.03. The Morgan fingerprint density at radius 1 is 1.14 bits per heavy atom. The second-order valence-corrected chi connectivity index (χ2v) is 11.2. The minimum absolute atomic E-state index is 0.134. The van der Waals surface area contributed by atoms with Crippen LogP contribution < -0.4 is 15.5 Å². The average molecular weight is 472 g/mol. The zero-order chi connectivity index (χ0) is 23.7. The van der Waals surface area contributed by atoms with E-state index in [0.717, 1.165) is 55.2 Å². The largest absolute Gasteiger partial charge is 0.367 e. The van der Waals surface area contributed by atoms with E-state index in [2.05, 4.69) is 26.6 Å². The van der Waals surface area contributed by atoms with Crippen LogP contribution in [0.15, 0.2) is 18.3 Å². The number of fused-ring (bicyclic) bond motifs is 6. The van der Waals surface area contributed by atoms with E-state index >= 15 is 4.39 Å². The summed E-state index contributed by atoms with van der Waals surface area (Å²) in [6, 6.07) is 6.67. The zero-order valence-electron chi connectivity index (χ0n) is 19.8. The highest BCUT2D eigenvalue weighted by molar-refractivity contribution is 5.94. The predicted octanol–water partition coefficient (Wildman–Crippen LogP) is 3.37. The van der Waals surface area contributed by atoms with Crippen LogP contribution in [0.1, 0.15) is 76.3 Å². The van der Waals surface area contributed by atoms with E-state index < -0.39 is 0 Å². The number of nitriles is 1. The van der Waals surface area contributed by atoms with Crippen molar-refractivity contribution in [3.63, 3.8) is 0 Å². The summed E-state index contributed by atoms with van der Waals surface area (Å²) in [6.45, 7) is 1.64. The molecular formula is C28H30FN5O. The highest BCUT2D eigenvalue weighted by Gasteiger charge is 2.43. The molecule has 3 aliphatic carbocycles. The number of aryl methyl sites for hydroxylation is 1. The van der Waals surface area contributed by atoms with Crippen LogP contribution in [0.4, 0.5) is 10.1 Å². The normalized spacial score (nSPS) is 30.1. The maximum atomic E-state index is 15.4. The number of hydrogen-bond donors (Lipinski definition) is 2. The van der Waals surface area contributed by atoms with Crippen LogP contribution in [0.5, 0.6) is 0 Å². The van der Waals surface area contributed by atoms with Gasteiger partial charge in [-0.1, -0.05) is 0 Å². The minimum atomic E-state index is -0.256. The van der Waals surface area contributed by atoms with E-state index in [1.165, 1.54) is 18.4 Å². The Morgan fingerprint density at radius 2 is 1.97 bits per heavy atom. The van der Waals surface area contributed by atoms with Crippen molar-refractivity contribution in [2.45, 2.75) is 75.4 Å². The van der Waals surface area contributed by atoms with Crippen molar-refractivity contribution >= 4 is 11.6 Å². The summed E-state index contributed by atoms with van der Waals surface area (Å²) >= 11 is 0. The molecule has 1 saturated carbocycles. The summed E-state index contributed by atoms with van der Waals surface area (Å²) in [5.74, 6) is 0.967. The third-order valence-electron chi connectivity index (χ3n) is 9.01. The van der Waals surface area contributed by atoms with Crippen LogP contribution in [-0.2, 0) is 19.3 Å². The molecule has 2 aliphatic heterocycles. The summed E-state index contributed by atoms with van der Waals surface area (Å²) in [6.07, 6.45) is 9.12. The Hall–Kier alpha value is -2.98. The number of halogens is 1. The number of amides is 1. The van der Waals surface area contributed by atoms with Gasteiger partial charge in [0, 0.05) is 43.1 Å². The molecule has 6 nitrogen and oxygen atoms in total. The van der Waals surface area contributed by atoms with Crippen molar-refractivity contribution in [2.24, 2.45) is 5.92 Å². The van der Waals surface area contributed by atoms with E-state index in [-0.39, 0.29) is 17.8 Å². The molecular weight excluding hydrogens is 441 g/mol. The second-order valence-electron chi connectivity index (χ2n) is 11.2. The first-order valence-electron chi connectivity index (χ1n) is 13.1. The Labute approximate surface area is 204 Å². The van der Waals surface area contributed by atoms with Gasteiger partial charge in [0.05, 0.1) is 16.8 Å². The molecule has 1 aromatic heterocycles. The molecule has 3 heterocycles. The van der Waals surface area contributed by atoms with Gasteiger partial charge in [-0.3, -0.25) is 9.78 Å². The van der Waals surface area contributed by atoms with Crippen molar-refractivity contribution < 1.29 is 9.18 Å². The van der Waals surface area contributed by atoms with Gasteiger partial charge in [0.1, 0.15) is 11.9 Å². The number of nitrogens with one attached hydrogen (secondary N) is 2. The van der Waals surface area contributed by atoms with Gasteiger partial charge in [0.2, 0.25) is 0 Å². The van der Waals surface area contributed by atoms with Crippen molar-refractivity contribution in [2.75, 3.05) is 18.0 Å². The third kappa shape index (κ3) is 3.61. The summed E-state index contributed by atoms with van der Waals surface area (Å²) in [4.78, 5) is 19.8. The quantitative estimate of drug-likeness (QED) is 0.718. The number of carbonyl (C=O) groups excluding carboxylic acids is 1. The summed E-state index contributed by atoms with van der Waals surface area (Å²) in [5, 5.41) is 16.8. The van der Waals surface area contributed by atoms with Gasteiger partial charge in [-0.25, -0.2) is 4.39 Å². The lowest BCUT2D eigenvalue weighted by Gasteiger charge is -2.36.